The van der Waals surface area contributed by atoms with Gasteiger partial charge >= 0.3 is 12.6 Å². The molecule has 0 saturated carbocycles. The van der Waals surface area contributed by atoms with Crippen LogP contribution in [0.5, 0.6) is 5.75 Å². The van der Waals surface area contributed by atoms with E-state index in [9.17, 15) is 18.4 Å². The molecule has 6 heteroatoms. The quantitative estimate of drug-likeness (QED) is 0.779. The lowest BCUT2D eigenvalue weighted by molar-refractivity contribution is -0.0498. The van der Waals surface area contributed by atoms with Gasteiger partial charge in [0, 0.05) is 5.56 Å². The summed E-state index contributed by atoms with van der Waals surface area (Å²) >= 11 is 0. The van der Waals surface area contributed by atoms with Crippen LogP contribution in [0.3, 0.4) is 0 Å². The van der Waals surface area contributed by atoms with Crippen LogP contribution in [0.25, 0.3) is 0 Å². The van der Waals surface area contributed by atoms with Gasteiger partial charge in [-0.3, -0.25) is 4.79 Å². The summed E-state index contributed by atoms with van der Waals surface area (Å²) in [6.45, 7) is -3.01. The van der Waals surface area contributed by atoms with Crippen LogP contribution >= 0.6 is 0 Å². The first kappa shape index (κ1) is 11.1. The predicted octanol–water partition coefficient (Wildman–Crippen LogP) is 1.80. The highest BCUT2D eigenvalue weighted by Gasteiger charge is 2.12. The molecule has 0 radical (unpaired) electrons. The number of benzene rings is 1. The number of carbonyl (C=O) groups is 2. The summed E-state index contributed by atoms with van der Waals surface area (Å²) in [5.74, 6) is -1.56. The van der Waals surface area contributed by atoms with Crippen molar-refractivity contribution in [1.29, 1.82) is 0 Å². The second kappa shape index (κ2) is 4.50. The lowest BCUT2D eigenvalue weighted by atomic mass is 10.1. The van der Waals surface area contributed by atoms with E-state index >= 15 is 0 Å². The topological polar surface area (TPSA) is 63.6 Å². The minimum Gasteiger partial charge on any atom is -0.478 e. The average molecular weight is 216 g/mol. The molecule has 0 aromatic heterocycles. The molecule has 4 nitrogen and oxygen atoms in total. The fraction of sp³-hybridized carbons (Fsp3) is 0.111. The number of aldehydes is 1. The summed E-state index contributed by atoms with van der Waals surface area (Å²) in [7, 11) is 0. The molecule has 0 spiro atoms. The van der Waals surface area contributed by atoms with Crippen molar-refractivity contribution < 1.29 is 28.2 Å². The van der Waals surface area contributed by atoms with Crippen LogP contribution in [0, 0.1) is 0 Å². The van der Waals surface area contributed by atoms with Crippen molar-refractivity contribution in [2.24, 2.45) is 0 Å². The van der Waals surface area contributed by atoms with Crippen LogP contribution in [0.2, 0.25) is 0 Å². The predicted molar refractivity (Wildman–Crippen MR) is 45.4 cm³/mol. The van der Waals surface area contributed by atoms with Gasteiger partial charge in [0.25, 0.3) is 0 Å². The van der Waals surface area contributed by atoms with E-state index in [4.69, 9.17) is 5.11 Å². The van der Waals surface area contributed by atoms with Crippen LogP contribution in [0.1, 0.15) is 20.7 Å². The summed E-state index contributed by atoms with van der Waals surface area (Å²) in [5, 5.41) is 8.62. The summed E-state index contributed by atoms with van der Waals surface area (Å²) in [6, 6.07) is 3.04. The highest BCUT2D eigenvalue weighted by molar-refractivity contribution is 5.97. The van der Waals surface area contributed by atoms with E-state index in [1.807, 2.05) is 0 Å². The van der Waals surface area contributed by atoms with E-state index in [-0.39, 0.29) is 23.2 Å². The third-order valence-corrected chi connectivity index (χ3v) is 1.61. The highest BCUT2D eigenvalue weighted by Crippen LogP contribution is 2.18. The first-order chi connectivity index (χ1) is 7.04. The van der Waals surface area contributed by atoms with Crippen molar-refractivity contribution in [2.45, 2.75) is 6.61 Å². The molecule has 0 atom stereocenters. The summed E-state index contributed by atoms with van der Waals surface area (Å²) in [5.41, 5.74) is -0.465. The number of aromatic carboxylic acids is 1. The van der Waals surface area contributed by atoms with E-state index in [2.05, 4.69) is 4.74 Å². The molecular weight excluding hydrogens is 210 g/mol. The van der Waals surface area contributed by atoms with Gasteiger partial charge in [-0.15, -0.1) is 0 Å². The summed E-state index contributed by atoms with van der Waals surface area (Å²) < 4.78 is 27.6. The Balaban J connectivity index is 3.07. The van der Waals surface area contributed by atoms with Gasteiger partial charge in [0.2, 0.25) is 0 Å². The molecular formula is C9H6F2O4. The smallest absolute Gasteiger partial charge is 0.387 e. The van der Waals surface area contributed by atoms with Crippen LogP contribution in [0.4, 0.5) is 8.78 Å². The van der Waals surface area contributed by atoms with Gasteiger partial charge in [-0.05, 0) is 18.2 Å². The summed E-state index contributed by atoms with van der Waals surface area (Å²) in [4.78, 5) is 21.0. The van der Waals surface area contributed by atoms with E-state index in [0.717, 1.165) is 18.2 Å². The Morgan fingerprint density at radius 2 is 2.13 bits per heavy atom. The van der Waals surface area contributed by atoms with Gasteiger partial charge in [0.05, 0.1) is 5.56 Å². The first-order valence-corrected chi connectivity index (χ1v) is 3.82. The maximum absolute atomic E-state index is 11.8. The van der Waals surface area contributed by atoms with Crippen LogP contribution in [0.15, 0.2) is 18.2 Å². The van der Waals surface area contributed by atoms with Crippen LogP contribution in [-0.2, 0) is 0 Å². The van der Waals surface area contributed by atoms with Crippen molar-refractivity contribution >= 4 is 12.3 Å². The number of carbonyl (C=O) groups excluding carboxylic acids is 1. The Labute approximate surface area is 83.1 Å². The molecule has 0 unspecified atom stereocenters. The molecule has 1 N–H and O–H groups in total. The number of carboxylic acids is 1. The van der Waals surface area contributed by atoms with Crippen LogP contribution < -0.4 is 4.74 Å². The lowest BCUT2D eigenvalue weighted by Gasteiger charge is -2.05. The number of carboxylic acid groups (broad SMARTS) is 1. The maximum atomic E-state index is 11.8. The molecule has 0 bridgehead atoms. The molecule has 1 aromatic rings. The maximum Gasteiger partial charge on any atom is 0.387 e. The number of rotatable bonds is 4. The molecule has 0 amide bonds. The second-order valence-corrected chi connectivity index (χ2v) is 2.55. The standard InChI is InChI=1S/C9H6F2O4/c10-9(11)15-6-1-2-7(8(13)14)5(3-6)4-12/h1-4,9H,(H,13,14). The Kier molecular flexibility index (Phi) is 3.33. The summed E-state index contributed by atoms with van der Waals surface area (Å²) in [6.07, 6.45) is 0.266. The van der Waals surface area contributed by atoms with Crippen molar-refractivity contribution in [2.75, 3.05) is 0 Å². The zero-order valence-electron chi connectivity index (χ0n) is 7.31. The number of hydrogen-bond donors (Lipinski definition) is 1. The number of halogens is 2. The van der Waals surface area contributed by atoms with Crippen molar-refractivity contribution in [3.05, 3.63) is 29.3 Å². The number of alkyl halides is 2. The molecule has 0 aliphatic rings. The van der Waals surface area contributed by atoms with Gasteiger partial charge in [0.1, 0.15) is 5.75 Å². The van der Waals surface area contributed by atoms with Crippen molar-refractivity contribution in [3.63, 3.8) is 0 Å². The minimum atomic E-state index is -3.01. The molecule has 0 saturated heterocycles. The van der Waals surface area contributed by atoms with Gasteiger partial charge in [0.15, 0.2) is 6.29 Å². The van der Waals surface area contributed by atoms with E-state index in [0.29, 0.717) is 0 Å². The number of ether oxygens (including phenoxy) is 1. The highest BCUT2D eigenvalue weighted by atomic mass is 19.3. The second-order valence-electron chi connectivity index (χ2n) is 2.55. The molecule has 80 valence electrons. The molecule has 0 aliphatic heterocycles. The molecule has 15 heavy (non-hydrogen) atoms. The van der Waals surface area contributed by atoms with Crippen molar-refractivity contribution in [1.82, 2.24) is 0 Å². The van der Waals surface area contributed by atoms with E-state index in [1.165, 1.54) is 0 Å². The fourth-order valence-corrected chi connectivity index (χ4v) is 1.01. The number of hydrogen-bond acceptors (Lipinski definition) is 3. The molecule has 0 heterocycles. The Bertz CT molecular complexity index is 390. The minimum absolute atomic E-state index is 0.208. The Hall–Kier alpha value is -1.98. The monoisotopic (exact) mass is 216 g/mol. The zero-order valence-corrected chi connectivity index (χ0v) is 7.31. The Morgan fingerprint density at radius 3 is 2.60 bits per heavy atom. The third-order valence-electron chi connectivity index (χ3n) is 1.61. The molecule has 0 fully saturated rings. The average Bonchev–Trinajstić information content (AvgIpc) is 2.16. The van der Waals surface area contributed by atoms with E-state index < -0.39 is 12.6 Å². The lowest BCUT2D eigenvalue weighted by Crippen LogP contribution is -2.05. The third kappa shape index (κ3) is 2.73. The first-order valence-electron chi connectivity index (χ1n) is 3.82. The zero-order chi connectivity index (χ0) is 11.4. The van der Waals surface area contributed by atoms with E-state index in [1.54, 1.807) is 0 Å². The van der Waals surface area contributed by atoms with Gasteiger partial charge < -0.3 is 9.84 Å². The van der Waals surface area contributed by atoms with Gasteiger partial charge in [-0.1, -0.05) is 0 Å². The van der Waals surface area contributed by atoms with Crippen molar-refractivity contribution in [3.8, 4) is 5.75 Å². The molecule has 1 aromatic carbocycles. The van der Waals surface area contributed by atoms with Crippen LogP contribution in [-0.4, -0.2) is 24.0 Å². The normalized spacial score (nSPS) is 10.1. The fourth-order valence-electron chi connectivity index (χ4n) is 1.01. The molecule has 0 aliphatic carbocycles. The van der Waals surface area contributed by atoms with Gasteiger partial charge in [-0.25, -0.2) is 4.79 Å². The molecule has 1 rings (SSSR count). The Morgan fingerprint density at radius 1 is 1.47 bits per heavy atom. The SMILES string of the molecule is O=Cc1cc(OC(F)F)ccc1C(=O)O. The largest absolute Gasteiger partial charge is 0.478 e. The van der Waals surface area contributed by atoms with Gasteiger partial charge in [-0.2, -0.15) is 8.78 Å².